The standard InChI is InChI=1S/C17H17F2N3O3/c1-21-6-7-22(13-4-5-14(25-3)20-16(13)21)17(23)15-11(18)8-10(24-2)9-12(15)19/h4-5,8-9H,6-7H2,1-3H3. The predicted octanol–water partition coefficient (Wildman–Crippen LogP) is 2.47. The molecule has 0 unspecified atom stereocenters. The Hall–Kier alpha value is -2.90. The fourth-order valence-corrected chi connectivity index (χ4v) is 2.72. The molecule has 0 atom stereocenters. The Morgan fingerprint density at radius 1 is 1.12 bits per heavy atom. The smallest absolute Gasteiger partial charge is 0.264 e. The molecule has 2 aromatic rings. The average molecular weight is 349 g/mol. The first kappa shape index (κ1) is 16.9. The molecule has 0 N–H and O–H groups in total. The van der Waals surface area contributed by atoms with Gasteiger partial charge in [-0.15, -0.1) is 0 Å². The zero-order valence-electron chi connectivity index (χ0n) is 14.0. The highest BCUT2D eigenvalue weighted by Crippen LogP contribution is 2.34. The van der Waals surface area contributed by atoms with Gasteiger partial charge in [-0.3, -0.25) is 4.79 Å². The zero-order valence-corrected chi connectivity index (χ0v) is 14.0. The third-order valence-electron chi connectivity index (χ3n) is 4.06. The quantitative estimate of drug-likeness (QED) is 0.852. The Balaban J connectivity index is 2.04. The second kappa shape index (κ2) is 6.54. The number of aromatic nitrogens is 1. The van der Waals surface area contributed by atoms with Crippen molar-refractivity contribution in [3.8, 4) is 11.6 Å². The van der Waals surface area contributed by atoms with Crippen LogP contribution in [0.25, 0.3) is 0 Å². The van der Waals surface area contributed by atoms with Gasteiger partial charge in [0.2, 0.25) is 5.88 Å². The topological polar surface area (TPSA) is 54.9 Å². The zero-order chi connectivity index (χ0) is 18.1. The number of nitrogens with zero attached hydrogens (tertiary/aromatic N) is 3. The van der Waals surface area contributed by atoms with E-state index in [1.54, 1.807) is 12.1 Å². The molecule has 132 valence electrons. The number of hydrogen-bond acceptors (Lipinski definition) is 5. The van der Waals surface area contributed by atoms with Gasteiger partial charge in [0, 0.05) is 38.3 Å². The van der Waals surface area contributed by atoms with Crippen LogP contribution in [0.1, 0.15) is 10.4 Å². The summed E-state index contributed by atoms with van der Waals surface area (Å²) in [7, 11) is 4.61. The molecular weight excluding hydrogens is 332 g/mol. The van der Waals surface area contributed by atoms with Crippen LogP contribution in [0.4, 0.5) is 20.3 Å². The minimum atomic E-state index is -0.969. The van der Waals surface area contributed by atoms with Crippen molar-refractivity contribution in [2.75, 3.05) is 44.2 Å². The van der Waals surface area contributed by atoms with E-state index in [1.807, 2.05) is 11.9 Å². The number of hydrogen-bond donors (Lipinski definition) is 0. The van der Waals surface area contributed by atoms with Crippen LogP contribution in [0, 0.1) is 11.6 Å². The van der Waals surface area contributed by atoms with Gasteiger partial charge in [0.25, 0.3) is 5.91 Å². The number of halogens is 2. The number of ether oxygens (including phenoxy) is 2. The number of anilines is 2. The molecule has 3 rings (SSSR count). The second-order valence-electron chi connectivity index (χ2n) is 5.54. The fourth-order valence-electron chi connectivity index (χ4n) is 2.72. The summed E-state index contributed by atoms with van der Waals surface area (Å²) in [6.45, 7) is 0.750. The van der Waals surface area contributed by atoms with Crippen LogP contribution in [0.3, 0.4) is 0 Å². The van der Waals surface area contributed by atoms with Gasteiger partial charge < -0.3 is 19.3 Å². The molecule has 0 aliphatic carbocycles. The molecule has 0 saturated heterocycles. The number of pyridine rings is 1. The number of amides is 1. The molecule has 0 bridgehead atoms. The minimum Gasteiger partial charge on any atom is -0.497 e. The monoisotopic (exact) mass is 349 g/mol. The maximum absolute atomic E-state index is 14.3. The third kappa shape index (κ3) is 2.95. The lowest BCUT2D eigenvalue weighted by Crippen LogP contribution is -2.43. The summed E-state index contributed by atoms with van der Waals surface area (Å²) in [6.07, 6.45) is 0. The lowest BCUT2D eigenvalue weighted by Gasteiger charge is -2.34. The van der Waals surface area contributed by atoms with Crippen molar-refractivity contribution in [3.05, 3.63) is 41.5 Å². The van der Waals surface area contributed by atoms with Gasteiger partial charge in [0.1, 0.15) is 22.9 Å². The van der Waals surface area contributed by atoms with E-state index in [2.05, 4.69) is 4.98 Å². The van der Waals surface area contributed by atoms with Gasteiger partial charge in [-0.2, -0.15) is 4.98 Å². The molecule has 1 aliphatic rings. The van der Waals surface area contributed by atoms with Crippen LogP contribution >= 0.6 is 0 Å². The number of carbonyl (C=O) groups excluding carboxylic acids is 1. The van der Waals surface area contributed by atoms with Crippen molar-refractivity contribution < 1.29 is 23.0 Å². The number of methoxy groups -OCH3 is 2. The molecule has 6 nitrogen and oxygen atoms in total. The molecular formula is C17H17F2N3O3. The summed E-state index contributed by atoms with van der Waals surface area (Å²) in [5, 5.41) is 0. The summed E-state index contributed by atoms with van der Waals surface area (Å²) in [4.78, 5) is 20.3. The molecule has 1 aromatic heterocycles. The summed E-state index contributed by atoms with van der Waals surface area (Å²) >= 11 is 0. The van der Waals surface area contributed by atoms with Crippen LogP contribution in [0.2, 0.25) is 0 Å². The van der Waals surface area contributed by atoms with Crippen molar-refractivity contribution in [2.24, 2.45) is 0 Å². The molecule has 2 heterocycles. The lowest BCUT2D eigenvalue weighted by molar-refractivity contribution is 0.0978. The number of benzene rings is 1. The highest BCUT2D eigenvalue weighted by atomic mass is 19.1. The molecule has 8 heteroatoms. The van der Waals surface area contributed by atoms with E-state index in [4.69, 9.17) is 9.47 Å². The molecule has 0 radical (unpaired) electrons. The largest absolute Gasteiger partial charge is 0.497 e. The van der Waals surface area contributed by atoms with E-state index in [0.29, 0.717) is 23.9 Å². The third-order valence-corrected chi connectivity index (χ3v) is 4.06. The number of fused-ring (bicyclic) bond motifs is 1. The van der Waals surface area contributed by atoms with Crippen molar-refractivity contribution >= 4 is 17.4 Å². The summed E-state index contributed by atoms with van der Waals surface area (Å²) in [6, 6.07) is 5.21. The van der Waals surface area contributed by atoms with Crippen molar-refractivity contribution in [3.63, 3.8) is 0 Å². The molecule has 25 heavy (non-hydrogen) atoms. The Kier molecular flexibility index (Phi) is 4.43. The van der Waals surface area contributed by atoms with Crippen LogP contribution in [-0.2, 0) is 0 Å². The molecule has 0 spiro atoms. The summed E-state index contributed by atoms with van der Waals surface area (Å²) in [5.74, 6) is -1.79. The summed E-state index contributed by atoms with van der Waals surface area (Å²) in [5.41, 5.74) is -0.152. The molecule has 1 amide bonds. The van der Waals surface area contributed by atoms with Crippen molar-refractivity contribution in [1.82, 2.24) is 4.98 Å². The maximum Gasteiger partial charge on any atom is 0.264 e. The van der Waals surface area contributed by atoms with E-state index >= 15 is 0 Å². The van der Waals surface area contributed by atoms with E-state index in [1.165, 1.54) is 19.1 Å². The Morgan fingerprint density at radius 3 is 2.40 bits per heavy atom. The first-order valence-corrected chi connectivity index (χ1v) is 7.57. The van der Waals surface area contributed by atoms with E-state index in [-0.39, 0.29) is 12.3 Å². The Labute approximate surface area is 143 Å². The van der Waals surface area contributed by atoms with Crippen LogP contribution < -0.4 is 19.3 Å². The van der Waals surface area contributed by atoms with Gasteiger partial charge in [-0.25, -0.2) is 8.78 Å². The predicted molar refractivity (Wildman–Crippen MR) is 88.6 cm³/mol. The fraction of sp³-hybridized carbons (Fsp3) is 0.294. The number of likely N-dealkylation sites (N-methyl/N-ethyl adjacent to an activating group) is 1. The lowest BCUT2D eigenvalue weighted by atomic mass is 10.1. The highest BCUT2D eigenvalue weighted by Gasteiger charge is 2.31. The first-order valence-electron chi connectivity index (χ1n) is 7.57. The van der Waals surface area contributed by atoms with Gasteiger partial charge >= 0.3 is 0 Å². The van der Waals surface area contributed by atoms with Crippen LogP contribution in [-0.4, -0.2) is 45.2 Å². The van der Waals surface area contributed by atoms with Gasteiger partial charge in [-0.05, 0) is 6.07 Å². The van der Waals surface area contributed by atoms with Crippen LogP contribution in [0.15, 0.2) is 24.3 Å². The number of rotatable bonds is 3. The molecule has 1 aliphatic heterocycles. The van der Waals surface area contributed by atoms with Gasteiger partial charge in [-0.1, -0.05) is 0 Å². The molecule has 1 aromatic carbocycles. The van der Waals surface area contributed by atoms with E-state index in [0.717, 1.165) is 12.1 Å². The van der Waals surface area contributed by atoms with E-state index < -0.39 is 23.1 Å². The second-order valence-corrected chi connectivity index (χ2v) is 5.54. The minimum absolute atomic E-state index is 0.0109. The summed E-state index contributed by atoms with van der Waals surface area (Å²) < 4.78 is 38.4. The number of carbonyl (C=O) groups is 1. The van der Waals surface area contributed by atoms with Gasteiger partial charge in [0.05, 0.1) is 19.9 Å². The highest BCUT2D eigenvalue weighted by molar-refractivity contribution is 6.08. The maximum atomic E-state index is 14.3. The van der Waals surface area contributed by atoms with Crippen molar-refractivity contribution in [2.45, 2.75) is 0 Å². The SMILES string of the molecule is COc1cc(F)c(C(=O)N2CCN(C)c3nc(OC)ccc32)c(F)c1. The Morgan fingerprint density at radius 2 is 1.80 bits per heavy atom. The van der Waals surface area contributed by atoms with E-state index in [9.17, 15) is 13.6 Å². The average Bonchev–Trinajstić information content (AvgIpc) is 2.61. The normalized spacial score (nSPS) is 13.5. The molecule has 0 saturated carbocycles. The molecule has 0 fully saturated rings. The Bertz CT molecular complexity index is 806. The van der Waals surface area contributed by atoms with Crippen LogP contribution in [0.5, 0.6) is 11.6 Å². The van der Waals surface area contributed by atoms with Gasteiger partial charge in [0.15, 0.2) is 5.82 Å². The first-order chi connectivity index (χ1) is 12.0. The van der Waals surface area contributed by atoms with Crippen molar-refractivity contribution in [1.29, 1.82) is 0 Å².